The molecule has 7 nitrogen and oxygen atoms in total. The van der Waals surface area contributed by atoms with Gasteiger partial charge < -0.3 is 19.5 Å². The Morgan fingerprint density at radius 1 is 1.10 bits per heavy atom. The van der Waals surface area contributed by atoms with Crippen LogP contribution in [-0.4, -0.2) is 54.0 Å². The van der Waals surface area contributed by atoms with E-state index in [0.717, 1.165) is 32.0 Å². The summed E-state index contributed by atoms with van der Waals surface area (Å²) in [5.74, 6) is 1.14. The smallest absolute Gasteiger partial charge is 0.224 e. The molecule has 1 aromatic carbocycles. The second-order valence-electron chi connectivity index (χ2n) is 7.34. The van der Waals surface area contributed by atoms with E-state index in [1.54, 1.807) is 24.4 Å². The number of aryl methyl sites for hydroxylation is 1. The Balaban J connectivity index is 1.28. The molecule has 30 heavy (non-hydrogen) atoms. The standard InChI is InChI=1S/C22H24FN5O2/c1-27-10-12-28(13-11-27)20-7-6-16(14-24-20)26-21(29)8-9-22-25-15-19(30-22)17-4-2-3-5-18(17)23/h2-7,14-15H,8-13H2,1H3,(H,26,29). The van der Waals surface area contributed by atoms with E-state index in [9.17, 15) is 9.18 Å². The summed E-state index contributed by atoms with van der Waals surface area (Å²) in [5, 5.41) is 2.84. The number of amides is 1. The Morgan fingerprint density at radius 3 is 2.63 bits per heavy atom. The number of hydrogen-bond acceptors (Lipinski definition) is 6. The Kier molecular flexibility index (Phi) is 6.04. The summed E-state index contributed by atoms with van der Waals surface area (Å²) in [5.41, 5.74) is 1.00. The van der Waals surface area contributed by atoms with Gasteiger partial charge in [-0.25, -0.2) is 14.4 Å². The van der Waals surface area contributed by atoms with Crippen molar-refractivity contribution >= 4 is 17.4 Å². The molecule has 3 heterocycles. The van der Waals surface area contributed by atoms with Crippen LogP contribution in [0.25, 0.3) is 11.3 Å². The number of nitrogens with one attached hydrogen (secondary N) is 1. The lowest BCUT2D eigenvalue weighted by Crippen LogP contribution is -2.44. The van der Waals surface area contributed by atoms with Crippen molar-refractivity contribution in [3.63, 3.8) is 0 Å². The normalized spacial score (nSPS) is 14.7. The van der Waals surface area contributed by atoms with E-state index in [1.807, 2.05) is 12.1 Å². The van der Waals surface area contributed by atoms with E-state index >= 15 is 0 Å². The highest BCUT2D eigenvalue weighted by Crippen LogP contribution is 2.23. The third-order valence-corrected chi connectivity index (χ3v) is 5.12. The van der Waals surface area contributed by atoms with Crippen LogP contribution in [0.2, 0.25) is 0 Å². The summed E-state index contributed by atoms with van der Waals surface area (Å²) in [6, 6.07) is 10.1. The summed E-state index contributed by atoms with van der Waals surface area (Å²) in [6.45, 7) is 3.92. The van der Waals surface area contributed by atoms with Gasteiger partial charge >= 0.3 is 0 Å². The molecule has 3 aromatic rings. The fourth-order valence-electron chi connectivity index (χ4n) is 3.34. The van der Waals surface area contributed by atoms with Crippen LogP contribution in [0.3, 0.4) is 0 Å². The second kappa shape index (κ2) is 9.04. The molecule has 1 aliphatic rings. The monoisotopic (exact) mass is 409 g/mol. The van der Waals surface area contributed by atoms with Crippen LogP contribution in [0.1, 0.15) is 12.3 Å². The number of likely N-dealkylation sites (N-methyl/N-ethyl adjacent to an activating group) is 1. The van der Waals surface area contributed by atoms with Gasteiger partial charge in [-0.15, -0.1) is 0 Å². The lowest BCUT2D eigenvalue weighted by molar-refractivity contribution is -0.116. The van der Waals surface area contributed by atoms with Crippen LogP contribution in [0.4, 0.5) is 15.9 Å². The van der Waals surface area contributed by atoms with Crippen molar-refractivity contribution in [1.29, 1.82) is 0 Å². The SMILES string of the molecule is CN1CCN(c2ccc(NC(=O)CCc3ncc(-c4ccccc4F)o3)cn2)CC1. The minimum Gasteiger partial charge on any atom is -0.441 e. The largest absolute Gasteiger partial charge is 0.441 e. The summed E-state index contributed by atoms with van der Waals surface area (Å²) in [4.78, 5) is 25.4. The summed E-state index contributed by atoms with van der Waals surface area (Å²) in [7, 11) is 2.11. The van der Waals surface area contributed by atoms with Gasteiger partial charge in [0.25, 0.3) is 0 Å². The zero-order valence-corrected chi connectivity index (χ0v) is 16.8. The van der Waals surface area contributed by atoms with Crippen LogP contribution >= 0.6 is 0 Å². The van der Waals surface area contributed by atoms with Gasteiger partial charge in [-0.3, -0.25) is 4.79 Å². The van der Waals surface area contributed by atoms with Crippen molar-refractivity contribution in [2.75, 3.05) is 43.4 Å². The lowest BCUT2D eigenvalue weighted by Gasteiger charge is -2.33. The quantitative estimate of drug-likeness (QED) is 0.674. The van der Waals surface area contributed by atoms with Crippen LogP contribution in [-0.2, 0) is 11.2 Å². The number of anilines is 2. The highest BCUT2D eigenvalue weighted by atomic mass is 19.1. The van der Waals surface area contributed by atoms with Gasteiger partial charge in [0.15, 0.2) is 11.7 Å². The first-order valence-corrected chi connectivity index (χ1v) is 9.97. The van der Waals surface area contributed by atoms with E-state index < -0.39 is 0 Å². The molecule has 1 N–H and O–H groups in total. The number of oxazole rings is 1. The molecular formula is C22H24FN5O2. The van der Waals surface area contributed by atoms with Gasteiger partial charge in [-0.1, -0.05) is 12.1 Å². The summed E-state index contributed by atoms with van der Waals surface area (Å²) >= 11 is 0. The van der Waals surface area contributed by atoms with E-state index in [4.69, 9.17) is 4.42 Å². The average Bonchev–Trinajstić information content (AvgIpc) is 3.23. The first-order valence-electron chi connectivity index (χ1n) is 9.97. The third kappa shape index (κ3) is 4.83. The predicted octanol–water partition coefficient (Wildman–Crippen LogP) is 3.20. The number of halogens is 1. The van der Waals surface area contributed by atoms with Crippen molar-refractivity contribution in [3.8, 4) is 11.3 Å². The number of piperazine rings is 1. The van der Waals surface area contributed by atoms with Gasteiger partial charge in [-0.2, -0.15) is 0 Å². The number of rotatable bonds is 6. The highest BCUT2D eigenvalue weighted by molar-refractivity contribution is 5.90. The predicted molar refractivity (Wildman–Crippen MR) is 113 cm³/mol. The maximum absolute atomic E-state index is 13.8. The van der Waals surface area contributed by atoms with E-state index in [1.165, 1.54) is 12.3 Å². The molecular weight excluding hydrogens is 385 g/mol. The fraction of sp³-hybridized carbons (Fsp3) is 0.318. The molecule has 0 unspecified atom stereocenters. The van der Waals surface area contributed by atoms with Gasteiger partial charge in [0.05, 0.1) is 23.6 Å². The number of aromatic nitrogens is 2. The van der Waals surface area contributed by atoms with Crippen LogP contribution in [0.5, 0.6) is 0 Å². The number of carbonyl (C=O) groups excluding carboxylic acids is 1. The average molecular weight is 409 g/mol. The molecule has 0 bridgehead atoms. The number of benzene rings is 1. The van der Waals surface area contributed by atoms with E-state index in [0.29, 0.717) is 29.3 Å². The molecule has 4 rings (SSSR count). The topological polar surface area (TPSA) is 74.5 Å². The van der Waals surface area contributed by atoms with Crippen molar-refractivity contribution in [2.45, 2.75) is 12.8 Å². The first-order chi connectivity index (χ1) is 14.6. The lowest BCUT2D eigenvalue weighted by atomic mass is 10.2. The van der Waals surface area contributed by atoms with Gasteiger partial charge in [0.1, 0.15) is 11.6 Å². The van der Waals surface area contributed by atoms with Gasteiger partial charge in [-0.05, 0) is 31.3 Å². The maximum atomic E-state index is 13.8. The zero-order chi connectivity index (χ0) is 20.9. The number of hydrogen-bond donors (Lipinski definition) is 1. The molecule has 0 spiro atoms. The minimum atomic E-state index is -0.370. The molecule has 1 saturated heterocycles. The summed E-state index contributed by atoms with van der Waals surface area (Å²) in [6.07, 6.45) is 3.68. The molecule has 2 aromatic heterocycles. The number of nitrogens with zero attached hydrogens (tertiary/aromatic N) is 4. The molecule has 1 amide bonds. The van der Waals surface area contributed by atoms with Crippen LogP contribution < -0.4 is 10.2 Å². The van der Waals surface area contributed by atoms with Crippen LogP contribution in [0.15, 0.2) is 53.2 Å². The fourth-order valence-corrected chi connectivity index (χ4v) is 3.34. The molecule has 156 valence electrons. The zero-order valence-electron chi connectivity index (χ0n) is 16.8. The number of pyridine rings is 1. The van der Waals surface area contributed by atoms with Crippen LogP contribution in [0, 0.1) is 5.82 Å². The van der Waals surface area contributed by atoms with Gasteiger partial charge in [0.2, 0.25) is 5.91 Å². The Labute approximate surface area is 174 Å². The van der Waals surface area contributed by atoms with E-state index in [2.05, 4.69) is 32.1 Å². The Morgan fingerprint density at radius 2 is 1.90 bits per heavy atom. The molecule has 0 saturated carbocycles. The molecule has 0 atom stereocenters. The third-order valence-electron chi connectivity index (χ3n) is 5.12. The molecule has 0 aliphatic carbocycles. The van der Waals surface area contributed by atoms with Crippen molar-refractivity contribution in [2.24, 2.45) is 0 Å². The van der Waals surface area contributed by atoms with Gasteiger partial charge in [0, 0.05) is 39.0 Å². The molecule has 0 radical (unpaired) electrons. The van der Waals surface area contributed by atoms with E-state index in [-0.39, 0.29) is 18.1 Å². The molecule has 8 heteroatoms. The maximum Gasteiger partial charge on any atom is 0.224 e. The first kappa shape index (κ1) is 20.0. The minimum absolute atomic E-state index is 0.158. The Hall–Kier alpha value is -3.26. The highest BCUT2D eigenvalue weighted by Gasteiger charge is 2.15. The van der Waals surface area contributed by atoms with Crippen molar-refractivity contribution in [1.82, 2.24) is 14.9 Å². The molecule has 1 fully saturated rings. The second-order valence-corrected chi connectivity index (χ2v) is 7.34. The Bertz CT molecular complexity index is 997. The summed E-state index contributed by atoms with van der Waals surface area (Å²) < 4.78 is 19.4. The van der Waals surface area contributed by atoms with Crippen molar-refractivity contribution < 1.29 is 13.6 Å². The van der Waals surface area contributed by atoms with Crippen molar-refractivity contribution in [3.05, 3.63) is 60.5 Å². The number of carbonyl (C=O) groups is 1. The molecule has 1 aliphatic heterocycles.